The van der Waals surface area contributed by atoms with Crippen molar-refractivity contribution in [2.24, 2.45) is 0 Å². The number of nitrogens with zero attached hydrogens (tertiary/aromatic N) is 2. The lowest BCUT2D eigenvalue weighted by molar-refractivity contribution is -0.0421. The summed E-state index contributed by atoms with van der Waals surface area (Å²) in [5.41, 5.74) is 0.596. The monoisotopic (exact) mass is 474 g/mol. The van der Waals surface area contributed by atoms with Crippen LogP contribution in [0.15, 0.2) is 30.6 Å². The fraction of sp³-hybridized carbons (Fsp3) is 0.417. The zero-order chi connectivity index (χ0) is 21.4. The Bertz CT molecular complexity index is 1020. The van der Waals surface area contributed by atoms with Crippen molar-refractivity contribution in [3.8, 4) is 0 Å². The van der Waals surface area contributed by atoms with E-state index in [1.807, 2.05) is 6.07 Å². The van der Waals surface area contributed by atoms with Crippen molar-refractivity contribution in [1.82, 2.24) is 9.55 Å². The summed E-state index contributed by atoms with van der Waals surface area (Å²) in [6.07, 6.45) is 0.494. The molecule has 5 N–H and O–H groups in total. The number of hydrogen-bond acceptors (Lipinski definition) is 9. The molecular formula is C12H17N2O12P3. The Morgan fingerprint density at radius 1 is 1.14 bits per heavy atom. The number of hydrogen-bond donors (Lipinski definition) is 5. The molecular weight excluding hydrogens is 457 g/mol. The van der Waals surface area contributed by atoms with Crippen LogP contribution in [-0.2, 0) is 31.6 Å². The summed E-state index contributed by atoms with van der Waals surface area (Å²) < 4.78 is 52.6. The van der Waals surface area contributed by atoms with Crippen molar-refractivity contribution in [2.75, 3.05) is 6.61 Å². The number of fused-ring (bicyclic) bond motifs is 1. The van der Waals surface area contributed by atoms with E-state index in [9.17, 15) is 23.7 Å². The first-order valence-electron chi connectivity index (χ1n) is 7.89. The number of aliphatic hydroxyl groups is 1. The van der Waals surface area contributed by atoms with Gasteiger partial charge in [0, 0.05) is 24.2 Å². The second kappa shape index (κ2) is 8.27. The minimum Gasteiger partial charge on any atom is -0.390 e. The highest BCUT2D eigenvalue weighted by atomic mass is 31.3. The molecule has 29 heavy (non-hydrogen) atoms. The van der Waals surface area contributed by atoms with Crippen LogP contribution in [0, 0.1) is 0 Å². The van der Waals surface area contributed by atoms with Crippen molar-refractivity contribution in [3.63, 3.8) is 0 Å². The summed E-state index contributed by atoms with van der Waals surface area (Å²) >= 11 is 0. The summed E-state index contributed by atoms with van der Waals surface area (Å²) in [6.45, 7) is -0.728. The topological polar surface area (TPSA) is 207 Å². The molecule has 3 heterocycles. The molecule has 1 aliphatic heterocycles. The third-order valence-electron chi connectivity index (χ3n) is 3.81. The van der Waals surface area contributed by atoms with E-state index < -0.39 is 48.5 Å². The molecule has 5 unspecified atom stereocenters. The number of aliphatic hydroxyl groups excluding tert-OH is 1. The van der Waals surface area contributed by atoms with E-state index in [1.54, 1.807) is 29.1 Å². The quantitative estimate of drug-likeness (QED) is 0.339. The second-order valence-corrected chi connectivity index (χ2v) is 10.4. The van der Waals surface area contributed by atoms with E-state index in [0.29, 0.717) is 5.65 Å². The van der Waals surface area contributed by atoms with Gasteiger partial charge in [-0.2, -0.15) is 8.62 Å². The number of phosphoric ester groups is 1. The summed E-state index contributed by atoms with van der Waals surface area (Å²) in [5, 5.41) is 11.0. The number of pyridine rings is 1. The number of ether oxygens (including phenoxy) is 1. The van der Waals surface area contributed by atoms with Crippen LogP contribution in [0.4, 0.5) is 0 Å². The first kappa shape index (κ1) is 22.7. The van der Waals surface area contributed by atoms with Crippen LogP contribution in [-0.4, -0.2) is 53.0 Å². The molecule has 0 amide bonds. The Labute approximate surface area is 163 Å². The molecule has 0 saturated carbocycles. The number of rotatable bonds is 8. The molecule has 1 fully saturated rings. The van der Waals surface area contributed by atoms with Crippen molar-refractivity contribution >= 4 is 34.5 Å². The molecule has 14 nitrogen and oxygen atoms in total. The highest BCUT2D eigenvalue weighted by Gasteiger charge is 2.42. The van der Waals surface area contributed by atoms with Crippen molar-refractivity contribution in [2.45, 2.75) is 24.9 Å². The number of phosphoric acid groups is 3. The molecule has 162 valence electrons. The second-order valence-electron chi connectivity index (χ2n) is 5.96. The van der Waals surface area contributed by atoms with Gasteiger partial charge < -0.3 is 34.0 Å². The van der Waals surface area contributed by atoms with Crippen LogP contribution in [0.25, 0.3) is 11.0 Å². The number of aromatic nitrogens is 2. The third kappa shape index (κ3) is 6.02. The summed E-state index contributed by atoms with van der Waals surface area (Å²) in [7, 11) is -16.4. The van der Waals surface area contributed by atoms with Gasteiger partial charge in [0.1, 0.15) is 18.0 Å². The standard InChI is InChI=1S/C12H17N2O12P3/c15-9-6-11(14-5-3-8-2-1-4-13-12(8)14)24-10(9)7-23-28(19,20)26-29(21,22)25-27(16,17)18/h1-5,9-11,15H,6-7H2,(H,19,20)(H,21,22)(H2,16,17,18). The predicted molar refractivity (Wildman–Crippen MR) is 94.1 cm³/mol. The van der Waals surface area contributed by atoms with Crippen LogP contribution >= 0.6 is 23.5 Å². The molecule has 5 atom stereocenters. The molecule has 2 aromatic heterocycles. The lowest BCUT2D eigenvalue weighted by Crippen LogP contribution is -2.26. The van der Waals surface area contributed by atoms with Gasteiger partial charge in [-0.1, -0.05) is 0 Å². The first-order valence-corrected chi connectivity index (χ1v) is 12.4. The summed E-state index contributed by atoms with van der Waals surface area (Å²) in [4.78, 5) is 39.8. The van der Waals surface area contributed by atoms with Crippen LogP contribution in [0.5, 0.6) is 0 Å². The molecule has 2 aromatic rings. The van der Waals surface area contributed by atoms with Gasteiger partial charge in [-0.15, -0.1) is 0 Å². The molecule has 1 aliphatic rings. The van der Waals surface area contributed by atoms with E-state index in [2.05, 4.69) is 18.1 Å². The third-order valence-corrected chi connectivity index (χ3v) is 7.61. The Morgan fingerprint density at radius 2 is 1.86 bits per heavy atom. The zero-order valence-electron chi connectivity index (χ0n) is 14.4. The first-order chi connectivity index (χ1) is 13.4. The molecule has 0 aliphatic carbocycles. The van der Waals surface area contributed by atoms with Gasteiger partial charge in [0.15, 0.2) is 0 Å². The normalized spacial score (nSPS) is 27.0. The van der Waals surface area contributed by atoms with E-state index in [-0.39, 0.29) is 6.42 Å². The van der Waals surface area contributed by atoms with Crippen molar-refractivity contribution in [1.29, 1.82) is 0 Å². The highest BCUT2D eigenvalue weighted by Crippen LogP contribution is 2.66. The Balaban J connectivity index is 1.61. The SMILES string of the molecule is O=P(O)(O)OP(=O)(O)OP(=O)(O)OCC1OC(n2ccc3cccnc32)CC1O. The van der Waals surface area contributed by atoms with Crippen LogP contribution in [0.1, 0.15) is 12.6 Å². The maximum absolute atomic E-state index is 11.8. The van der Waals surface area contributed by atoms with Gasteiger partial charge >= 0.3 is 23.5 Å². The maximum atomic E-state index is 11.8. The predicted octanol–water partition coefficient (Wildman–Crippen LogP) is 1.03. The lowest BCUT2D eigenvalue weighted by atomic mass is 10.2. The van der Waals surface area contributed by atoms with Crippen LogP contribution < -0.4 is 0 Å². The van der Waals surface area contributed by atoms with E-state index in [0.717, 1.165) is 5.39 Å². The fourth-order valence-electron chi connectivity index (χ4n) is 2.73. The summed E-state index contributed by atoms with van der Waals surface area (Å²) in [6, 6.07) is 5.37. The molecule has 0 bridgehead atoms. The largest absolute Gasteiger partial charge is 0.490 e. The average molecular weight is 474 g/mol. The molecule has 0 aromatic carbocycles. The Morgan fingerprint density at radius 3 is 2.55 bits per heavy atom. The minimum atomic E-state index is -5.61. The molecule has 17 heteroatoms. The van der Waals surface area contributed by atoms with Crippen LogP contribution in [0.3, 0.4) is 0 Å². The minimum absolute atomic E-state index is 0.102. The van der Waals surface area contributed by atoms with E-state index in [1.165, 1.54) is 0 Å². The van der Waals surface area contributed by atoms with E-state index >= 15 is 0 Å². The van der Waals surface area contributed by atoms with Crippen molar-refractivity contribution in [3.05, 3.63) is 30.6 Å². The zero-order valence-corrected chi connectivity index (χ0v) is 17.0. The van der Waals surface area contributed by atoms with Crippen molar-refractivity contribution < 1.29 is 56.3 Å². The van der Waals surface area contributed by atoms with E-state index in [4.69, 9.17) is 19.4 Å². The van der Waals surface area contributed by atoms with Gasteiger partial charge in [0.2, 0.25) is 0 Å². The average Bonchev–Trinajstić information content (AvgIpc) is 3.13. The van der Waals surface area contributed by atoms with Crippen LogP contribution in [0.2, 0.25) is 0 Å². The van der Waals surface area contributed by atoms with Gasteiger partial charge in [-0.05, 0) is 18.2 Å². The Hall–Kier alpha value is -0.980. The maximum Gasteiger partial charge on any atom is 0.490 e. The van der Waals surface area contributed by atoms with Gasteiger partial charge in [-0.3, -0.25) is 4.52 Å². The highest BCUT2D eigenvalue weighted by molar-refractivity contribution is 7.66. The molecule has 0 radical (unpaired) electrons. The fourth-order valence-corrected chi connectivity index (χ4v) is 5.76. The van der Waals surface area contributed by atoms with Gasteiger partial charge in [0.05, 0.1) is 12.7 Å². The smallest absolute Gasteiger partial charge is 0.390 e. The summed E-state index contributed by atoms with van der Waals surface area (Å²) in [5.74, 6) is 0. The van der Waals surface area contributed by atoms with Gasteiger partial charge in [0.25, 0.3) is 0 Å². The van der Waals surface area contributed by atoms with Gasteiger partial charge in [-0.25, -0.2) is 18.7 Å². The molecule has 1 saturated heterocycles. The molecule has 3 rings (SSSR count). The Kier molecular flexibility index (Phi) is 6.48. The molecule has 0 spiro atoms. The lowest BCUT2D eigenvalue weighted by Gasteiger charge is -2.19.